The molecule has 0 amide bonds. The third-order valence-electron chi connectivity index (χ3n) is 5.50. The van der Waals surface area contributed by atoms with Gasteiger partial charge in [0, 0.05) is 17.2 Å². The van der Waals surface area contributed by atoms with Crippen LogP contribution in [0.5, 0.6) is 0 Å². The van der Waals surface area contributed by atoms with Gasteiger partial charge in [-0.1, -0.05) is 71.4 Å². The average molecular weight is 461 g/mol. The van der Waals surface area contributed by atoms with Crippen molar-refractivity contribution in [2.75, 3.05) is 13.2 Å². The van der Waals surface area contributed by atoms with Crippen LogP contribution in [0.1, 0.15) is 39.5 Å². The van der Waals surface area contributed by atoms with E-state index in [0.717, 1.165) is 24.8 Å². The first kappa shape index (κ1) is 28.1. The van der Waals surface area contributed by atoms with Crippen LogP contribution in [0, 0.1) is 11.8 Å². The highest BCUT2D eigenvalue weighted by Gasteiger charge is 2.19. The van der Waals surface area contributed by atoms with Gasteiger partial charge < -0.3 is 9.47 Å². The van der Waals surface area contributed by atoms with E-state index in [1.807, 2.05) is 0 Å². The Balaban J connectivity index is 2.66. The molecule has 0 spiro atoms. The van der Waals surface area contributed by atoms with Gasteiger partial charge in [0.05, 0.1) is 13.2 Å². The topological polar surface area (TPSA) is 18.5 Å². The van der Waals surface area contributed by atoms with Gasteiger partial charge in [-0.2, -0.15) is 4.39 Å². The fourth-order valence-corrected chi connectivity index (χ4v) is 3.18. The van der Waals surface area contributed by atoms with Crippen LogP contribution in [0.15, 0.2) is 109 Å². The molecule has 0 aromatic heterocycles. The van der Waals surface area contributed by atoms with Crippen molar-refractivity contribution in [1.82, 2.24) is 0 Å². The first-order chi connectivity index (χ1) is 15.5. The summed E-state index contributed by atoms with van der Waals surface area (Å²) in [6.45, 7) is 26.2. The lowest BCUT2D eigenvalue weighted by Crippen LogP contribution is -2.16. The van der Waals surface area contributed by atoms with Crippen molar-refractivity contribution in [1.29, 1.82) is 0 Å². The molecular formula is C28H35F3O2. The Morgan fingerprint density at radius 3 is 1.91 bits per heavy atom. The Labute approximate surface area is 196 Å². The molecule has 0 radical (unpaired) electrons. The Kier molecular flexibility index (Phi) is 11.5. The smallest absolute Gasteiger partial charge is 0.200 e. The van der Waals surface area contributed by atoms with Gasteiger partial charge >= 0.3 is 0 Å². The van der Waals surface area contributed by atoms with E-state index in [1.165, 1.54) is 25.0 Å². The first-order valence-electron chi connectivity index (χ1n) is 11.0. The van der Waals surface area contributed by atoms with E-state index in [4.69, 9.17) is 9.47 Å². The quantitative estimate of drug-likeness (QED) is 0.202. The molecule has 180 valence electrons. The maximum atomic E-state index is 14.5. The predicted octanol–water partition coefficient (Wildman–Crippen LogP) is 8.68. The van der Waals surface area contributed by atoms with Crippen molar-refractivity contribution in [2.24, 2.45) is 11.8 Å². The van der Waals surface area contributed by atoms with Gasteiger partial charge in [0.15, 0.2) is 11.6 Å². The molecule has 0 aromatic carbocycles. The summed E-state index contributed by atoms with van der Waals surface area (Å²) in [7, 11) is 0. The van der Waals surface area contributed by atoms with Gasteiger partial charge in [-0.05, 0) is 42.7 Å². The molecule has 0 unspecified atom stereocenters. The van der Waals surface area contributed by atoms with Crippen molar-refractivity contribution >= 4 is 0 Å². The van der Waals surface area contributed by atoms with Crippen LogP contribution in [-0.2, 0) is 9.47 Å². The van der Waals surface area contributed by atoms with Crippen LogP contribution in [0.4, 0.5) is 13.2 Å². The lowest BCUT2D eigenvalue weighted by Gasteiger charge is -2.26. The summed E-state index contributed by atoms with van der Waals surface area (Å²) in [5, 5.41) is 0. The average Bonchev–Trinajstić information content (AvgIpc) is 2.79. The van der Waals surface area contributed by atoms with Crippen molar-refractivity contribution in [2.45, 2.75) is 39.5 Å². The van der Waals surface area contributed by atoms with Crippen molar-refractivity contribution in [3.63, 3.8) is 0 Å². The molecule has 1 fully saturated rings. The van der Waals surface area contributed by atoms with Gasteiger partial charge in [0.25, 0.3) is 0 Å². The second-order valence-corrected chi connectivity index (χ2v) is 8.22. The number of allylic oxidation sites excluding steroid dienone is 10. The molecule has 2 nitrogen and oxygen atoms in total. The number of rotatable bonds is 13. The second-order valence-electron chi connectivity index (χ2n) is 8.22. The Bertz CT molecular complexity index is 894. The standard InChI is InChI=1S/C28H35F3O2/c1-9-32-24(8)28(31)27(30)23(7)20(4)13-12-19(3)22(6)26(29)16-21(5)33-17-25-14-10-18(2)11-15-25/h12-13,16,18,25H,3-11,14-15,17H2,1-2H3/b13-12-,26-16+,28-27-. The summed E-state index contributed by atoms with van der Waals surface area (Å²) in [5.41, 5.74) is 0.000851. The summed E-state index contributed by atoms with van der Waals surface area (Å²) in [4.78, 5) is 0. The molecule has 0 bridgehead atoms. The fraction of sp³-hybridized carbons (Fsp3) is 0.357. The maximum absolute atomic E-state index is 14.5. The summed E-state index contributed by atoms with van der Waals surface area (Å²) in [6, 6.07) is 0. The predicted molar refractivity (Wildman–Crippen MR) is 131 cm³/mol. The highest BCUT2D eigenvalue weighted by Crippen LogP contribution is 2.30. The highest BCUT2D eigenvalue weighted by atomic mass is 19.2. The lowest BCUT2D eigenvalue weighted by atomic mass is 9.83. The summed E-state index contributed by atoms with van der Waals surface area (Å²) < 4.78 is 53.2. The first-order valence-corrected chi connectivity index (χ1v) is 11.0. The molecule has 33 heavy (non-hydrogen) atoms. The van der Waals surface area contributed by atoms with E-state index in [0.29, 0.717) is 12.5 Å². The van der Waals surface area contributed by atoms with Crippen LogP contribution in [0.3, 0.4) is 0 Å². The molecule has 1 aliphatic carbocycles. The number of hydrogen-bond acceptors (Lipinski definition) is 2. The molecule has 1 rings (SSSR count). The zero-order chi connectivity index (χ0) is 25.1. The van der Waals surface area contributed by atoms with E-state index in [-0.39, 0.29) is 34.7 Å². The van der Waals surface area contributed by atoms with Crippen LogP contribution in [-0.4, -0.2) is 13.2 Å². The monoisotopic (exact) mass is 460 g/mol. The minimum absolute atomic E-state index is 0.00724. The van der Waals surface area contributed by atoms with Crippen molar-refractivity contribution < 1.29 is 22.6 Å². The number of hydrogen-bond donors (Lipinski definition) is 0. The fourth-order valence-electron chi connectivity index (χ4n) is 3.18. The van der Waals surface area contributed by atoms with E-state index < -0.39 is 23.2 Å². The van der Waals surface area contributed by atoms with Gasteiger partial charge in [0.1, 0.15) is 11.6 Å². The van der Waals surface area contributed by atoms with E-state index in [2.05, 4.69) is 46.4 Å². The lowest BCUT2D eigenvalue weighted by molar-refractivity contribution is 0.138. The molecule has 0 heterocycles. The molecular weight excluding hydrogens is 425 g/mol. The maximum Gasteiger partial charge on any atom is 0.200 e. The molecule has 0 aliphatic heterocycles. The number of halogens is 3. The van der Waals surface area contributed by atoms with Crippen LogP contribution in [0.25, 0.3) is 0 Å². The Morgan fingerprint density at radius 2 is 1.36 bits per heavy atom. The summed E-state index contributed by atoms with van der Waals surface area (Å²) in [5.74, 6) is -2.16. The zero-order valence-electron chi connectivity index (χ0n) is 19.8. The number of ether oxygens (including phenoxy) is 2. The van der Waals surface area contributed by atoms with Crippen LogP contribution < -0.4 is 0 Å². The summed E-state index contributed by atoms with van der Waals surface area (Å²) in [6.07, 6.45) is 8.45. The molecule has 1 aliphatic rings. The normalized spacial score (nSPS) is 19.5. The van der Waals surface area contributed by atoms with E-state index in [1.54, 1.807) is 6.92 Å². The summed E-state index contributed by atoms with van der Waals surface area (Å²) >= 11 is 0. The van der Waals surface area contributed by atoms with Gasteiger partial charge in [-0.3, -0.25) is 0 Å². The second kappa shape index (κ2) is 13.6. The molecule has 0 N–H and O–H groups in total. The third-order valence-corrected chi connectivity index (χ3v) is 5.50. The van der Waals surface area contributed by atoms with Crippen molar-refractivity contribution in [3.05, 3.63) is 109 Å². The Hall–Kier alpha value is -2.95. The third kappa shape index (κ3) is 9.21. The van der Waals surface area contributed by atoms with Gasteiger partial charge in [0.2, 0.25) is 5.83 Å². The minimum atomic E-state index is -1.25. The molecule has 0 aromatic rings. The largest absolute Gasteiger partial charge is 0.494 e. The van der Waals surface area contributed by atoms with E-state index in [9.17, 15) is 13.2 Å². The Morgan fingerprint density at radius 1 is 0.818 bits per heavy atom. The zero-order valence-corrected chi connectivity index (χ0v) is 19.8. The van der Waals surface area contributed by atoms with Crippen LogP contribution >= 0.6 is 0 Å². The van der Waals surface area contributed by atoms with Gasteiger partial charge in [-0.25, -0.2) is 8.78 Å². The molecule has 0 saturated heterocycles. The SMILES string of the molecule is C=C(/C=C(/F)C(=C)C(=C)/C=C\C(=C)C(=C)/C(F)=C(/F)C(=C)OCC)OCC1CCC(C)CC1. The van der Waals surface area contributed by atoms with Crippen LogP contribution in [0.2, 0.25) is 0 Å². The van der Waals surface area contributed by atoms with Crippen molar-refractivity contribution in [3.8, 4) is 0 Å². The highest BCUT2D eigenvalue weighted by molar-refractivity contribution is 5.53. The molecule has 1 saturated carbocycles. The van der Waals surface area contributed by atoms with E-state index >= 15 is 0 Å². The molecule has 0 atom stereocenters. The van der Waals surface area contributed by atoms with Gasteiger partial charge in [-0.15, -0.1) is 0 Å². The molecule has 5 heteroatoms. The minimum Gasteiger partial charge on any atom is -0.494 e.